The van der Waals surface area contributed by atoms with E-state index in [1.54, 1.807) is 0 Å². The molecule has 0 aliphatic heterocycles. The Labute approximate surface area is 370 Å². The van der Waals surface area contributed by atoms with E-state index in [9.17, 15) is 0 Å². The van der Waals surface area contributed by atoms with Gasteiger partial charge in [-0.15, -0.1) is 0 Å². The average Bonchev–Trinajstić information content (AvgIpc) is 3.84. The van der Waals surface area contributed by atoms with Crippen molar-refractivity contribution in [2.75, 3.05) is 0 Å². The Hall–Kier alpha value is -8.21. The van der Waals surface area contributed by atoms with Gasteiger partial charge < -0.3 is 0 Å². The zero-order valence-electron chi connectivity index (χ0n) is 35.4. The van der Waals surface area contributed by atoms with Crippen LogP contribution in [0.4, 0.5) is 0 Å². The van der Waals surface area contributed by atoms with Gasteiger partial charge in [-0.1, -0.05) is 214 Å². The summed E-state index contributed by atoms with van der Waals surface area (Å²) in [6, 6.07) is 74.2. The van der Waals surface area contributed by atoms with Gasteiger partial charge in [-0.05, 0) is 71.9 Å². The normalized spacial score (nSPS) is 13.0. The third-order valence-electron chi connectivity index (χ3n) is 13.6. The zero-order valence-corrected chi connectivity index (χ0v) is 35.4. The summed E-state index contributed by atoms with van der Waals surface area (Å²) >= 11 is 0. The van der Waals surface area contributed by atoms with E-state index in [0.29, 0.717) is 17.6 Å². The maximum absolute atomic E-state index is 5.54. The summed E-state index contributed by atoms with van der Waals surface area (Å²) in [5.41, 5.74) is 13.7. The second-order valence-electron chi connectivity index (χ2n) is 17.5. The molecule has 0 saturated heterocycles. The van der Waals surface area contributed by atoms with Crippen molar-refractivity contribution in [3.8, 4) is 62.1 Å². The van der Waals surface area contributed by atoms with Crippen molar-refractivity contribution in [3.05, 3.63) is 217 Å². The van der Waals surface area contributed by atoms with Gasteiger partial charge in [0, 0.05) is 38.3 Å². The molecule has 0 fully saturated rings. The smallest absolute Gasteiger partial charge is 0.238 e. The van der Waals surface area contributed by atoms with Crippen LogP contribution in [0.1, 0.15) is 25.0 Å². The molecule has 2 heterocycles. The van der Waals surface area contributed by atoms with Crippen LogP contribution in [0.5, 0.6) is 0 Å². The molecule has 0 radical (unpaired) electrons. The lowest BCUT2D eigenvalue weighted by molar-refractivity contribution is 0.662. The van der Waals surface area contributed by atoms with Crippen LogP contribution in [0.25, 0.3) is 116 Å². The van der Waals surface area contributed by atoms with Crippen LogP contribution < -0.4 is 0 Å². The van der Waals surface area contributed by atoms with Crippen molar-refractivity contribution < 1.29 is 0 Å². The van der Waals surface area contributed by atoms with E-state index in [-0.39, 0.29) is 5.41 Å². The maximum Gasteiger partial charge on any atom is 0.238 e. The number of hydrogen-bond acceptors (Lipinski definition) is 3. The lowest BCUT2D eigenvalue weighted by Gasteiger charge is -2.25. The molecule has 0 bridgehead atoms. The monoisotopic (exact) mass is 816 g/mol. The predicted molar refractivity (Wildman–Crippen MR) is 266 cm³/mol. The zero-order chi connectivity index (χ0) is 42.5. The minimum absolute atomic E-state index is 0.226. The second kappa shape index (κ2) is 13.9. The highest BCUT2D eigenvalue weighted by molar-refractivity contribution is 6.33. The molecule has 1 aliphatic rings. The molecule has 0 N–H and O–H groups in total. The number of rotatable bonds is 5. The highest BCUT2D eigenvalue weighted by Gasteiger charge is 2.38. The molecule has 0 spiro atoms. The van der Waals surface area contributed by atoms with Crippen molar-refractivity contribution in [1.29, 1.82) is 0 Å². The molecule has 10 aromatic carbocycles. The average molecular weight is 817 g/mol. The first-order chi connectivity index (χ1) is 31.5. The van der Waals surface area contributed by atoms with E-state index < -0.39 is 0 Å². The third kappa shape index (κ3) is 5.39. The molecule has 0 saturated carbocycles. The summed E-state index contributed by atoms with van der Waals surface area (Å²) in [5.74, 6) is 1.80. The Kier molecular flexibility index (Phi) is 7.92. The second-order valence-corrected chi connectivity index (χ2v) is 17.5. The molecule has 12 aromatic rings. The predicted octanol–water partition coefficient (Wildman–Crippen LogP) is 15.4. The first kappa shape index (κ1) is 36.4. The van der Waals surface area contributed by atoms with Gasteiger partial charge in [0.25, 0.3) is 0 Å². The minimum atomic E-state index is -0.226. The van der Waals surface area contributed by atoms with Crippen LogP contribution in [0, 0.1) is 0 Å². The van der Waals surface area contributed by atoms with Crippen molar-refractivity contribution in [1.82, 2.24) is 19.5 Å². The van der Waals surface area contributed by atoms with Crippen molar-refractivity contribution >= 4 is 54.1 Å². The van der Waals surface area contributed by atoms with Crippen LogP contribution in [0.3, 0.4) is 0 Å². The summed E-state index contributed by atoms with van der Waals surface area (Å²) < 4.78 is 2.36. The van der Waals surface area contributed by atoms with Gasteiger partial charge >= 0.3 is 0 Å². The number of benzene rings is 10. The molecular weight excluding hydrogens is 777 g/mol. The molecular formula is C60H40N4. The van der Waals surface area contributed by atoms with E-state index >= 15 is 0 Å². The molecule has 64 heavy (non-hydrogen) atoms. The quantitative estimate of drug-likeness (QED) is 0.163. The van der Waals surface area contributed by atoms with Gasteiger partial charge in [0.2, 0.25) is 5.95 Å². The summed E-state index contributed by atoms with van der Waals surface area (Å²) in [4.78, 5) is 16.4. The van der Waals surface area contributed by atoms with Crippen LogP contribution in [-0.4, -0.2) is 19.5 Å². The first-order valence-corrected chi connectivity index (χ1v) is 22.0. The Balaban J connectivity index is 1.17. The number of nitrogens with zero attached hydrogens (tertiary/aromatic N) is 4. The number of para-hydroxylation sites is 1. The van der Waals surface area contributed by atoms with Gasteiger partial charge in [0.1, 0.15) is 0 Å². The van der Waals surface area contributed by atoms with Gasteiger partial charge in [-0.2, -0.15) is 9.97 Å². The highest BCUT2D eigenvalue weighted by atomic mass is 15.2. The molecule has 13 rings (SSSR count). The minimum Gasteiger partial charge on any atom is -0.277 e. The van der Waals surface area contributed by atoms with Gasteiger partial charge in [0.15, 0.2) is 11.6 Å². The molecule has 2 aromatic heterocycles. The molecule has 4 nitrogen and oxygen atoms in total. The van der Waals surface area contributed by atoms with Gasteiger partial charge in [0.05, 0.1) is 11.0 Å². The molecule has 4 heteroatoms. The van der Waals surface area contributed by atoms with Gasteiger partial charge in [-0.3, -0.25) is 4.57 Å². The molecule has 0 atom stereocenters. The van der Waals surface area contributed by atoms with E-state index in [0.717, 1.165) is 55.0 Å². The first-order valence-electron chi connectivity index (χ1n) is 22.0. The van der Waals surface area contributed by atoms with Crippen LogP contribution in [-0.2, 0) is 5.41 Å². The van der Waals surface area contributed by atoms with Crippen molar-refractivity contribution in [2.45, 2.75) is 19.3 Å². The number of fused-ring (bicyclic) bond motifs is 12. The Morgan fingerprint density at radius 3 is 1.69 bits per heavy atom. The van der Waals surface area contributed by atoms with E-state index in [2.05, 4.69) is 225 Å². The van der Waals surface area contributed by atoms with Crippen LogP contribution >= 0.6 is 0 Å². The topological polar surface area (TPSA) is 43.6 Å². The fourth-order valence-corrected chi connectivity index (χ4v) is 10.7. The molecule has 300 valence electrons. The van der Waals surface area contributed by atoms with Crippen LogP contribution in [0.15, 0.2) is 206 Å². The number of aromatic nitrogens is 4. The van der Waals surface area contributed by atoms with E-state index in [4.69, 9.17) is 15.0 Å². The third-order valence-corrected chi connectivity index (χ3v) is 13.6. The fourth-order valence-electron chi connectivity index (χ4n) is 10.7. The Bertz CT molecular complexity index is 3860. The summed E-state index contributed by atoms with van der Waals surface area (Å²) in [6.07, 6.45) is 0. The SMILES string of the molecule is CC1(C)c2ccccc2-c2cccc(-c3cccc4c5c6ccccc6c6ccccc6c5n(-c5nc(-c6ccc(-c7ccccc7)cc6)nc(-c6ccc7ccccc7c6)n5)c34)c21. The van der Waals surface area contributed by atoms with Crippen molar-refractivity contribution in [2.24, 2.45) is 0 Å². The summed E-state index contributed by atoms with van der Waals surface area (Å²) in [5, 5.41) is 9.39. The van der Waals surface area contributed by atoms with E-state index in [1.807, 2.05) is 0 Å². The van der Waals surface area contributed by atoms with Crippen LogP contribution in [0.2, 0.25) is 0 Å². The maximum atomic E-state index is 5.54. The number of hydrogen-bond donors (Lipinski definition) is 0. The standard InChI is InChI=1S/C60H40N4/c1-60(2)52-29-13-12-22-45(52)47-25-14-26-48(54(47)60)50-27-15-28-51-53-46-23-10-8-20-43(46)44-21-9-11-24-49(44)56(53)64(55(50)51)59-62-57(40-33-30-39(31-34-40)37-16-4-3-5-17-37)61-58(63-59)42-35-32-38-18-6-7-19-41(38)36-42/h3-36H,1-2H3. The fraction of sp³-hybridized carbons (Fsp3) is 0.0500. The molecule has 0 amide bonds. The molecule has 0 unspecified atom stereocenters. The van der Waals surface area contributed by atoms with Gasteiger partial charge in [-0.25, -0.2) is 4.98 Å². The Morgan fingerprint density at radius 1 is 0.359 bits per heavy atom. The Morgan fingerprint density at radius 2 is 0.891 bits per heavy atom. The lowest BCUT2D eigenvalue weighted by Crippen LogP contribution is -2.16. The lowest BCUT2D eigenvalue weighted by atomic mass is 9.78. The largest absolute Gasteiger partial charge is 0.277 e. The highest BCUT2D eigenvalue weighted by Crippen LogP contribution is 2.54. The van der Waals surface area contributed by atoms with Crippen molar-refractivity contribution in [3.63, 3.8) is 0 Å². The summed E-state index contributed by atoms with van der Waals surface area (Å²) in [6.45, 7) is 4.74. The summed E-state index contributed by atoms with van der Waals surface area (Å²) in [7, 11) is 0. The molecule has 1 aliphatic carbocycles. The van der Waals surface area contributed by atoms with E-state index in [1.165, 1.54) is 54.7 Å².